The third-order valence-corrected chi connectivity index (χ3v) is 16.5. The van der Waals surface area contributed by atoms with Gasteiger partial charge in [-0.3, -0.25) is 4.57 Å². The minimum absolute atomic E-state index is 0.00930. The third kappa shape index (κ3) is 10.0. The summed E-state index contributed by atoms with van der Waals surface area (Å²) in [5.41, 5.74) is 17.1. The zero-order valence-corrected chi connectivity index (χ0v) is 49.0. The van der Waals surface area contributed by atoms with Crippen molar-refractivity contribution in [1.29, 1.82) is 0 Å². The van der Waals surface area contributed by atoms with Gasteiger partial charge in [-0.25, -0.2) is 9.97 Å². The van der Waals surface area contributed by atoms with Crippen molar-refractivity contribution in [1.82, 2.24) is 14.5 Å². The van der Waals surface area contributed by atoms with Crippen LogP contribution in [0.3, 0.4) is 0 Å². The predicted octanol–water partition coefficient (Wildman–Crippen LogP) is 21.7. The number of fused-ring (bicyclic) bond motifs is 5. The summed E-state index contributed by atoms with van der Waals surface area (Å²) in [6.45, 7) is 20.7. The van der Waals surface area contributed by atoms with E-state index >= 15 is 0 Å². The van der Waals surface area contributed by atoms with E-state index in [2.05, 4.69) is 331 Å². The van der Waals surface area contributed by atoms with Gasteiger partial charge in [0.25, 0.3) is 0 Å². The monoisotopic (exact) mass is 1080 g/mol. The van der Waals surface area contributed by atoms with E-state index in [9.17, 15) is 0 Å². The Morgan fingerprint density at radius 3 is 1.33 bits per heavy atom. The Labute approximate surface area is 488 Å². The van der Waals surface area contributed by atoms with Crippen molar-refractivity contribution in [3.8, 4) is 39.6 Å². The van der Waals surface area contributed by atoms with E-state index in [1.165, 1.54) is 38.2 Å². The van der Waals surface area contributed by atoms with Crippen molar-refractivity contribution in [2.24, 2.45) is 0 Å². The van der Waals surface area contributed by atoms with Crippen molar-refractivity contribution < 1.29 is 0 Å². The Morgan fingerprint density at radius 2 is 0.771 bits per heavy atom. The molecule has 0 bridgehead atoms. The van der Waals surface area contributed by atoms with Crippen LogP contribution in [0.15, 0.2) is 255 Å². The molecule has 11 aromatic carbocycles. The highest BCUT2D eigenvalue weighted by atomic mass is 15.2. The van der Waals surface area contributed by atoms with E-state index < -0.39 is 0 Å². The minimum atomic E-state index is -0.240. The molecule has 83 heavy (non-hydrogen) atoms. The van der Waals surface area contributed by atoms with Crippen LogP contribution in [-0.2, 0) is 16.2 Å². The summed E-state index contributed by atoms with van der Waals surface area (Å²) in [4.78, 5) is 16.0. The fourth-order valence-electron chi connectivity index (χ4n) is 11.9. The highest BCUT2D eigenvalue weighted by Crippen LogP contribution is 2.52. The molecule has 13 rings (SSSR count). The maximum Gasteiger partial charge on any atom is 0.162 e. The first-order valence-electron chi connectivity index (χ1n) is 29.1. The number of nitrogens with zero attached hydrogens (tertiary/aromatic N) is 5. The van der Waals surface area contributed by atoms with Gasteiger partial charge in [-0.2, -0.15) is 0 Å². The normalized spacial score (nSPS) is 12.2. The van der Waals surface area contributed by atoms with Crippen LogP contribution in [0.25, 0.3) is 82.9 Å². The summed E-state index contributed by atoms with van der Waals surface area (Å²) in [5, 5.41) is 7.04. The molecule has 2 heterocycles. The van der Waals surface area contributed by atoms with Crippen molar-refractivity contribution in [2.75, 3.05) is 9.80 Å². The van der Waals surface area contributed by atoms with Gasteiger partial charge >= 0.3 is 0 Å². The van der Waals surface area contributed by atoms with Crippen LogP contribution < -0.4 is 9.80 Å². The topological polar surface area (TPSA) is 37.2 Å². The van der Waals surface area contributed by atoms with Crippen LogP contribution in [0.5, 0.6) is 0 Å². The molecule has 0 amide bonds. The zero-order chi connectivity index (χ0) is 57.2. The van der Waals surface area contributed by atoms with Crippen molar-refractivity contribution in [2.45, 2.75) is 78.6 Å². The first-order chi connectivity index (χ1) is 40.0. The summed E-state index contributed by atoms with van der Waals surface area (Å²) < 4.78 is 2.30. The highest BCUT2D eigenvalue weighted by Gasteiger charge is 2.30. The molecule has 0 aliphatic rings. The number of anilines is 6. The Kier molecular flexibility index (Phi) is 13.2. The summed E-state index contributed by atoms with van der Waals surface area (Å²) >= 11 is 0. The smallest absolute Gasteiger partial charge is 0.162 e. The molecule has 0 radical (unpaired) electrons. The molecule has 0 spiro atoms. The van der Waals surface area contributed by atoms with Gasteiger partial charge in [0.05, 0.1) is 28.1 Å². The van der Waals surface area contributed by atoms with Crippen LogP contribution in [0.2, 0.25) is 0 Å². The van der Waals surface area contributed by atoms with E-state index in [-0.39, 0.29) is 16.2 Å². The average molecular weight is 1080 g/mol. The molecule has 0 aliphatic carbocycles. The molecule has 0 fully saturated rings. The summed E-state index contributed by atoms with van der Waals surface area (Å²) in [6, 6.07) is 93.2. The van der Waals surface area contributed by atoms with E-state index in [1.54, 1.807) is 0 Å². The molecule has 0 saturated heterocycles. The van der Waals surface area contributed by atoms with Gasteiger partial charge in [-0.15, -0.1) is 0 Å². The lowest BCUT2D eigenvalue weighted by molar-refractivity contribution is 0.589. The van der Waals surface area contributed by atoms with Gasteiger partial charge in [0, 0.05) is 56.3 Å². The molecule has 0 aliphatic heterocycles. The van der Waals surface area contributed by atoms with Crippen molar-refractivity contribution in [3.05, 3.63) is 271 Å². The highest BCUT2D eigenvalue weighted by molar-refractivity contribution is 6.09. The van der Waals surface area contributed by atoms with Crippen molar-refractivity contribution >= 4 is 77.5 Å². The van der Waals surface area contributed by atoms with Gasteiger partial charge in [0.15, 0.2) is 5.82 Å². The largest absolute Gasteiger partial charge is 0.310 e. The maximum absolute atomic E-state index is 5.53. The number of hydrogen-bond donors (Lipinski definition) is 0. The third-order valence-electron chi connectivity index (χ3n) is 16.5. The maximum atomic E-state index is 5.53. The first-order valence-corrected chi connectivity index (χ1v) is 29.1. The Hall–Kier alpha value is -9.58. The molecule has 5 heteroatoms. The molecular formula is C78H69N5. The van der Waals surface area contributed by atoms with E-state index in [4.69, 9.17) is 9.97 Å². The molecular weight excluding hydrogens is 1010 g/mol. The van der Waals surface area contributed by atoms with Gasteiger partial charge in [0.1, 0.15) is 5.82 Å². The molecule has 5 nitrogen and oxygen atoms in total. The van der Waals surface area contributed by atoms with Gasteiger partial charge in [-0.05, 0) is 151 Å². The number of rotatable bonds is 10. The lowest BCUT2D eigenvalue weighted by atomic mass is 9.83. The second kappa shape index (κ2) is 20.8. The second-order valence-electron chi connectivity index (χ2n) is 25.2. The van der Waals surface area contributed by atoms with Gasteiger partial charge in [-0.1, -0.05) is 220 Å². The van der Waals surface area contributed by atoms with Crippen LogP contribution >= 0.6 is 0 Å². The lowest BCUT2D eigenvalue weighted by Gasteiger charge is -2.36. The Morgan fingerprint density at radius 1 is 0.325 bits per heavy atom. The fourth-order valence-corrected chi connectivity index (χ4v) is 11.9. The molecule has 0 N–H and O–H groups in total. The van der Waals surface area contributed by atoms with Crippen LogP contribution in [-0.4, -0.2) is 14.5 Å². The number of para-hydroxylation sites is 3. The number of aromatic nitrogens is 3. The second-order valence-corrected chi connectivity index (χ2v) is 25.2. The van der Waals surface area contributed by atoms with Crippen LogP contribution in [0.4, 0.5) is 34.1 Å². The predicted molar refractivity (Wildman–Crippen MR) is 353 cm³/mol. The number of benzene rings is 11. The number of hydrogen-bond acceptors (Lipinski definition) is 4. The molecule has 2 aromatic heterocycles. The first kappa shape index (κ1) is 52.8. The summed E-state index contributed by atoms with van der Waals surface area (Å²) in [6.07, 6.45) is 0. The Bertz CT molecular complexity index is 4470. The van der Waals surface area contributed by atoms with Gasteiger partial charge < -0.3 is 9.80 Å². The minimum Gasteiger partial charge on any atom is -0.310 e. The molecule has 0 saturated carbocycles. The van der Waals surface area contributed by atoms with Crippen LogP contribution in [0.1, 0.15) is 79.0 Å². The molecule has 0 atom stereocenters. The SMILES string of the molecule is CC(C)(C)c1ccc(N(c2ccccc2)c2cc(C(C)(C)C)cc(N(c3ccc(-c4nc(-c5cccc6ccccc56)cc(-n5c6ccccc6c6ccccc65)n4)cc3)c3ccc(C(C)(C)C)cc3)c2-c2ccc3ccccc3c2)cc1. The summed E-state index contributed by atoms with van der Waals surface area (Å²) in [7, 11) is 0. The molecule has 13 aromatic rings. The van der Waals surface area contributed by atoms with Crippen LogP contribution in [0, 0.1) is 0 Å². The standard InChI is InChI=1S/C78H69N5/c1-76(2,3)57-38-44-62(45-39-57)81(60-26-11-10-12-27-60)71-49-59(78(7,8)9)50-72(74(71)56-35-34-52-22-13-14-24-55(52)48-56)82(63-46-40-58(41-47-63)77(4,5)6)61-42-36-54(37-43-61)75-79-68(65-31-21-25-53-23-15-16-28-64(53)65)51-73(80-75)83-69-32-19-17-29-66(69)67-30-18-20-33-70(67)83/h10-51H,1-9H3. The fraction of sp³-hybridized carbons (Fsp3) is 0.154. The van der Waals surface area contributed by atoms with E-state index in [0.717, 1.165) is 89.7 Å². The van der Waals surface area contributed by atoms with Gasteiger partial charge in [0.2, 0.25) is 0 Å². The Balaban J connectivity index is 1.07. The molecule has 406 valence electrons. The zero-order valence-electron chi connectivity index (χ0n) is 49.0. The molecule has 0 unspecified atom stereocenters. The van der Waals surface area contributed by atoms with E-state index in [1.807, 2.05) is 0 Å². The lowest BCUT2D eigenvalue weighted by Crippen LogP contribution is -2.20. The van der Waals surface area contributed by atoms with Crippen molar-refractivity contribution in [3.63, 3.8) is 0 Å². The quantitative estimate of drug-likeness (QED) is 0.137. The average Bonchev–Trinajstić information content (AvgIpc) is 2.51. The summed E-state index contributed by atoms with van der Waals surface area (Å²) in [5.74, 6) is 1.45. The van der Waals surface area contributed by atoms with E-state index in [0.29, 0.717) is 5.82 Å².